The molecule has 0 saturated carbocycles. The zero-order valence-corrected chi connectivity index (χ0v) is 12.2. The van der Waals surface area contributed by atoms with Gasteiger partial charge in [0.05, 0.1) is 38.3 Å². The third kappa shape index (κ3) is 2.04. The van der Waals surface area contributed by atoms with E-state index < -0.39 is 0 Å². The number of hydrogen-bond acceptors (Lipinski definition) is 3. The van der Waals surface area contributed by atoms with Crippen LogP contribution in [0.2, 0.25) is 10.0 Å². The van der Waals surface area contributed by atoms with Gasteiger partial charge in [-0.1, -0.05) is 23.2 Å². The molecule has 0 fully saturated rings. The molecule has 0 saturated heterocycles. The van der Waals surface area contributed by atoms with Crippen LogP contribution in [0.5, 0.6) is 0 Å². The van der Waals surface area contributed by atoms with Crippen LogP contribution >= 0.6 is 23.2 Å². The normalized spacial score (nSPS) is 11.3. The fraction of sp³-hybridized carbons (Fsp3) is 0. The van der Waals surface area contributed by atoms with E-state index in [4.69, 9.17) is 23.2 Å². The first-order valence-electron chi connectivity index (χ1n) is 6.26. The Morgan fingerprint density at radius 3 is 2.57 bits per heavy atom. The summed E-state index contributed by atoms with van der Waals surface area (Å²) in [6, 6.07) is 9.26. The highest BCUT2D eigenvalue weighted by Gasteiger charge is 2.08. The lowest BCUT2D eigenvalue weighted by Crippen LogP contribution is -1.97. The first-order chi connectivity index (χ1) is 10.2. The summed E-state index contributed by atoms with van der Waals surface area (Å²) >= 11 is 12.0. The molecule has 0 aliphatic carbocycles. The molecular weight excluding hydrogens is 307 g/mol. The van der Waals surface area contributed by atoms with E-state index in [1.807, 2.05) is 29.0 Å². The Morgan fingerprint density at radius 1 is 0.905 bits per heavy atom. The Hall–Kier alpha value is -2.17. The lowest BCUT2D eigenvalue weighted by Gasteiger charge is -2.06. The molecule has 0 amide bonds. The smallest absolute Gasteiger partial charge is 0.156 e. The molecule has 4 aromatic rings. The van der Waals surface area contributed by atoms with Gasteiger partial charge < -0.3 is 0 Å². The van der Waals surface area contributed by atoms with Gasteiger partial charge >= 0.3 is 0 Å². The van der Waals surface area contributed by atoms with E-state index in [-0.39, 0.29) is 0 Å². The van der Waals surface area contributed by atoms with Crippen LogP contribution in [0.3, 0.4) is 0 Å². The van der Waals surface area contributed by atoms with Gasteiger partial charge in [0.2, 0.25) is 0 Å². The SMILES string of the molecule is Clc1cc2ncc(-n3ccc4ncccc43)nc2cc1Cl. The summed E-state index contributed by atoms with van der Waals surface area (Å²) in [7, 11) is 0. The summed E-state index contributed by atoms with van der Waals surface area (Å²) in [5, 5.41) is 0.941. The molecule has 0 N–H and O–H groups in total. The fourth-order valence-electron chi connectivity index (χ4n) is 2.28. The number of rotatable bonds is 1. The second-order valence-electron chi connectivity index (χ2n) is 4.58. The summed E-state index contributed by atoms with van der Waals surface area (Å²) in [6.45, 7) is 0. The molecule has 4 nitrogen and oxygen atoms in total. The van der Waals surface area contributed by atoms with Crippen LogP contribution in [0.4, 0.5) is 0 Å². The minimum Gasteiger partial charge on any atom is -0.298 e. The van der Waals surface area contributed by atoms with Crippen LogP contribution in [0, 0.1) is 0 Å². The van der Waals surface area contributed by atoms with E-state index in [1.165, 1.54) is 0 Å². The lowest BCUT2D eigenvalue weighted by molar-refractivity contribution is 1.04. The number of aromatic nitrogens is 4. The van der Waals surface area contributed by atoms with Crippen molar-refractivity contribution in [1.82, 2.24) is 19.5 Å². The molecule has 3 heterocycles. The highest BCUT2D eigenvalue weighted by molar-refractivity contribution is 6.42. The van der Waals surface area contributed by atoms with Crippen molar-refractivity contribution >= 4 is 45.3 Å². The van der Waals surface area contributed by atoms with Gasteiger partial charge in [-0.15, -0.1) is 0 Å². The van der Waals surface area contributed by atoms with E-state index >= 15 is 0 Å². The van der Waals surface area contributed by atoms with Crippen molar-refractivity contribution in [3.8, 4) is 5.82 Å². The number of nitrogens with zero attached hydrogens (tertiary/aromatic N) is 4. The number of hydrogen-bond donors (Lipinski definition) is 0. The zero-order chi connectivity index (χ0) is 14.4. The third-order valence-electron chi connectivity index (χ3n) is 3.28. The Labute approximate surface area is 130 Å². The fourth-order valence-corrected chi connectivity index (χ4v) is 2.60. The minimum absolute atomic E-state index is 0.467. The van der Waals surface area contributed by atoms with E-state index in [0.29, 0.717) is 26.9 Å². The van der Waals surface area contributed by atoms with E-state index in [9.17, 15) is 0 Å². The van der Waals surface area contributed by atoms with Gasteiger partial charge in [0, 0.05) is 12.4 Å². The van der Waals surface area contributed by atoms with Gasteiger partial charge in [-0.25, -0.2) is 4.98 Å². The van der Waals surface area contributed by atoms with Crippen molar-refractivity contribution in [3.05, 3.63) is 59.0 Å². The van der Waals surface area contributed by atoms with Crippen LogP contribution in [0.25, 0.3) is 27.9 Å². The van der Waals surface area contributed by atoms with Crippen LogP contribution in [-0.4, -0.2) is 19.5 Å². The molecule has 3 aromatic heterocycles. The minimum atomic E-state index is 0.467. The van der Waals surface area contributed by atoms with Crippen LogP contribution in [0.15, 0.2) is 48.9 Å². The third-order valence-corrected chi connectivity index (χ3v) is 4.00. The number of fused-ring (bicyclic) bond motifs is 2. The second-order valence-corrected chi connectivity index (χ2v) is 5.39. The lowest BCUT2D eigenvalue weighted by atomic mass is 10.3. The number of halogens is 2. The molecule has 4 rings (SSSR count). The van der Waals surface area contributed by atoms with E-state index in [2.05, 4.69) is 15.0 Å². The molecule has 102 valence electrons. The molecule has 0 aliphatic heterocycles. The Bertz CT molecular complexity index is 978. The average Bonchev–Trinajstić information content (AvgIpc) is 2.92. The number of pyridine rings is 1. The van der Waals surface area contributed by atoms with Gasteiger partial charge in [0.1, 0.15) is 0 Å². The van der Waals surface area contributed by atoms with Crippen LogP contribution in [-0.2, 0) is 0 Å². The first-order valence-corrected chi connectivity index (χ1v) is 7.02. The van der Waals surface area contributed by atoms with Crippen molar-refractivity contribution in [1.29, 1.82) is 0 Å². The summed E-state index contributed by atoms with van der Waals surface area (Å²) in [6.07, 6.45) is 5.39. The predicted molar refractivity (Wildman–Crippen MR) is 84.2 cm³/mol. The molecule has 0 atom stereocenters. The molecule has 0 radical (unpaired) electrons. The number of benzene rings is 1. The molecule has 0 spiro atoms. The molecule has 6 heteroatoms. The topological polar surface area (TPSA) is 43.6 Å². The summed E-state index contributed by atoms with van der Waals surface area (Å²) in [5.41, 5.74) is 3.30. The second kappa shape index (κ2) is 4.69. The molecule has 21 heavy (non-hydrogen) atoms. The van der Waals surface area contributed by atoms with Crippen molar-refractivity contribution < 1.29 is 0 Å². The average molecular weight is 315 g/mol. The van der Waals surface area contributed by atoms with Crippen LogP contribution in [0.1, 0.15) is 0 Å². The zero-order valence-electron chi connectivity index (χ0n) is 10.7. The largest absolute Gasteiger partial charge is 0.298 e. The standard InChI is InChI=1S/C15H8Cl2N4/c16-9-6-12-13(7-10(9)17)20-15(8-19-12)21-5-3-11-14(21)2-1-4-18-11/h1-8H. The molecule has 0 aliphatic rings. The Balaban J connectivity index is 1.96. The Kier molecular flexibility index (Phi) is 2.80. The molecule has 0 bridgehead atoms. The Morgan fingerprint density at radius 2 is 1.71 bits per heavy atom. The monoisotopic (exact) mass is 314 g/mol. The molecule has 0 unspecified atom stereocenters. The summed E-state index contributed by atoms with van der Waals surface area (Å²) in [4.78, 5) is 13.3. The highest BCUT2D eigenvalue weighted by Crippen LogP contribution is 2.26. The predicted octanol–water partition coefficient (Wildman–Crippen LogP) is 4.28. The maximum atomic E-state index is 6.04. The van der Waals surface area contributed by atoms with Gasteiger partial charge in [-0.05, 0) is 30.3 Å². The first kappa shape index (κ1) is 12.6. The van der Waals surface area contributed by atoms with Crippen molar-refractivity contribution in [2.24, 2.45) is 0 Å². The van der Waals surface area contributed by atoms with Gasteiger partial charge in [-0.3, -0.25) is 14.5 Å². The van der Waals surface area contributed by atoms with Gasteiger partial charge in [0.25, 0.3) is 0 Å². The van der Waals surface area contributed by atoms with Crippen LogP contribution < -0.4 is 0 Å². The van der Waals surface area contributed by atoms with E-state index in [1.54, 1.807) is 24.5 Å². The summed E-state index contributed by atoms with van der Waals surface area (Å²) < 4.78 is 1.94. The van der Waals surface area contributed by atoms with Gasteiger partial charge in [0.15, 0.2) is 5.82 Å². The van der Waals surface area contributed by atoms with Crippen molar-refractivity contribution in [2.75, 3.05) is 0 Å². The maximum Gasteiger partial charge on any atom is 0.156 e. The van der Waals surface area contributed by atoms with Crippen molar-refractivity contribution in [3.63, 3.8) is 0 Å². The molecule has 1 aromatic carbocycles. The summed E-state index contributed by atoms with van der Waals surface area (Å²) in [5.74, 6) is 0.712. The van der Waals surface area contributed by atoms with Crippen molar-refractivity contribution in [2.45, 2.75) is 0 Å². The van der Waals surface area contributed by atoms with E-state index in [0.717, 1.165) is 11.0 Å². The van der Waals surface area contributed by atoms with Gasteiger partial charge in [-0.2, -0.15) is 0 Å². The quantitative estimate of drug-likeness (QED) is 0.527. The molecular formula is C15H8Cl2N4. The highest BCUT2D eigenvalue weighted by atomic mass is 35.5. The maximum absolute atomic E-state index is 6.04.